The molecule has 0 radical (unpaired) electrons. The minimum Gasteiger partial charge on any atom is -0.455 e. The van der Waals surface area contributed by atoms with E-state index in [4.69, 9.17) is 14.6 Å². The standard InChI is InChI=1S/C56H35N5O/c1-3-17-36(18-4-1)55-57-58-56(59(55)38-19-5-2-6-20-38)37-31-33-50-45(35-37)41-23-9-14-28-48(41)60(50)46-26-12-7-21-39(46)40-22-8-13-27-47(40)61-49-29-15-10-25-44(49)53-51(61)34-32-43-42-24-11-16-30-52(42)62-54(43)53/h1-35H. The molecule has 0 aliphatic carbocycles. The molecule has 0 fully saturated rings. The zero-order valence-electron chi connectivity index (χ0n) is 33.4. The van der Waals surface area contributed by atoms with E-state index in [-0.39, 0.29) is 0 Å². The van der Waals surface area contributed by atoms with Crippen LogP contribution in [0.5, 0.6) is 0 Å². The lowest BCUT2D eigenvalue weighted by atomic mass is 10.0. The second-order valence-electron chi connectivity index (χ2n) is 15.8. The molecule has 62 heavy (non-hydrogen) atoms. The van der Waals surface area contributed by atoms with Crippen molar-refractivity contribution in [1.29, 1.82) is 0 Å². The molecule has 13 aromatic rings. The summed E-state index contributed by atoms with van der Waals surface area (Å²) >= 11 is 0. The third-order valence-corrected chi connectivity index (χ3v) is 12.4. The molecule has 4 heterocycles. The predicted octanol–water partition coefficient (Wildman–Crippen LogP) is 14.4. The van der Waals surface area contributed by atoms with Gasteiger partial charge in [0.15, 0.2) is 11.6 Å². The average molecular weight is 794 g/mol. The van der Waals surface area contributed by atoms with Gasteiger partial charge >= 0.3 is 0 Å². The molecule has 0 atom stereocenters. The fourth-order valence-corrected chi connectivity index (χ4v) is 9.73. The number of fused-ring (bicyclic) bond motifs is 10. The van der Waals surface area contributed by atoms with Crippen LogP contribution in [0.4, 0.5) is 0 Å². The largest absolute Gasteiger partial charge is 0.455 e. The molecule has 0 N–H and O–H groups in total. The Labute approximate surface area is 355 Å². The fourth-order valence-electron chi connectivity index (χ4n) is 9.73. The third kappa shape index (κ3) is 5.04. The van der Waals surface area contributed by atoms with E-state index in [9.17, 15) is 0 Å². The van der Waals surface area contributed by atoms with Crippen molar-refractivity contribution in [1.82, 2.24) is 23.9 Å². The van der Waals surface area contributed by atoms with Crippen molar-refractivity contribution in [3.63, 3.8) is 0 Å². The molecule has 6 nitrogen and oxygen atoms in total. The van der Waals surface area contributed by atoms with E-state index < -0.39 is 0 Å². The SMILES string of the molecule is c1ccc(-c2nnc(-c3ccc4c(c3)c3ccccc3n4-c3ccccc3-c3ccccc3-n3c4ccccc4c4c5oc6ccccc6c5ccc43)n2-c2ccccc2)cc1. The summed E-state index contributed by atoms with van der Waals surface area (Å²) in [6.07, 6.45) is 0. The van der Waals surface area contributed by atoms with Crippen LogP contribution >= 0.6 is 0 Å². The summed E-state index contributed by atoms with van der Waals surface area (Å²) in [5.41, 5.74) is 13.7. The number of nitrogens with zero attached hydrogens (tertiary/aromatic N) is 5. The van der Waals surface area contributed by atoms with Crippen LogP contribution in [0.15, 0.2) is 217 Å². The van der Waals surface area contributed by atoms with E-state index in [1.54, 1.807) is 0 Å². The summed E-state index contributed by atoms with van der Waals surface area (Å²) in [4.78, 5) is 0. The molecule has 0 amide bonds. The Kier molecular flexibility index (Phi) is 7.50. The number of rotatable bonds is 6. The van der Waals surface area contributed by atoms with Gasteiger partial charge in [-0.2, -0.15) is 0 Å². The number of hydrogen-bond donors (Lipinski definition) is 0. The first kappa shape index (κ1) is 34.4. The maximum atomic E-state index is 6.65. The number of para-hydroxylation sites is 6. The Hall–Kier alpha value is -8.48. The van der Waals surface area contributed by atoms with E-state index in [0.717, 1.165) is 111 Å². The van der Waals surface area contributed by atoms with Crippen molar-refractivity contribution in [2.75, 3.05) is 0 Å². The van der Waals surface area contributed by atoms with Crippen molar-refractivity contribution < 1.29 is 4.42 Å². The highest BCUT2D eigenvalue weighted by molar-refractivity contribution is 6.24. The van der Waals surface area contributed by atoms with Crippen LogP contribution in [0.2, 0.25) is 0 Å². The van der Waals surface area contributed by atoms with E-state index in [2.05, 4.69) is 196 Å². The van der Waals surface area contributed by atoms with Gasteiger partial charge in [0.1, 0.15) is 11.2 Å². The normalized spacial score (nSPS) is 11.9. The van der Waals surface area contributed by atoms with Crippen LogP contribution in [0, 0.1) is 0 Å². The molecular weight excluding hydrogens is 759 g/mol. The lowest BCUT2D eigenvalue weighted by Gasteiger charge is -2.18. The highest BCUT2D eigenvalue weighted by Gasteiger charge is 2.23. The van der Waals surface area contributed by atoms with Gasteiger partial charge in [0, 0.05) is 54.9 Å². The highest BCUT2D eigenvalue weighted by Crippen LogP contribution is 2.44. The van der Waals surface area contributed by atoms with Crippen molar-refractivity contribution in [2.24, 2.45) is 0 Å². The van der Waals surface area contributed by atoms with Crippen LogP contribution < -0.4 is 0 Å². The van der Waals surface area contributed by atoms with E-state index >= 15 is 0 Å². The highest BCUT2D eigenvalue weighted by atomic mass is 16.3. The van der Waals surface area contributed by atoms with Gasteiger partial charge in [-0.05, 0) is 72.8 Å². The molecule has 6 heteroatoms. The molecule has 0 spiro atoms. The van der Waals surface area contributed by atoms with Crippen LogP contribution in [-0.4, -0.2) is 23.9 Å². The van der Waals surface area contributed by atoms with Crippen molar-refractivity contribution in [2.45, 2.75) is 0 Å². The second-order valence-corrected chi connectivity index (χ2v) is 15.8. The molecule has 0 bridgehead atoms. The lowest BCUT2D eigenvalue weighted by Crippen LogP contribution is -2.01. The average Bonchev–Trinajstić information content (AvgIpc) is 4.11. The van der Waals surface area contributed by atoms with Crippen LogP contribution in [0.3, 0.4) is 0 Å². The monoisotopic (exact) mass is 793 g/mol. The first-order chi connectivity index (χ1) is 30.8. The van der Waals surface area contributed by atoms with E-state index in [0.29, 0.717) is 0 Å². The topological polar surface area (TPSA) is 53.7 Å². The molecule has 0 unspecified atom stereocenters. The number of benzene rings is 9. The van der Waals surface area contributed by atoms with Gasteiger partial charge in [0.05, 0.1) is 38.8 Å². The molecule has 290 valence electrons. The van der Waals surface area contributed by atoms with Gasteiger partial charge in [-0.1, -0.05) is 140 Å². The zero-order valence-corrected chi connectivity index (χ0v) is 33.4. The molecule has 0 saturated carbocycles. The summed E-state index contributed by atoms with van der Waals surface area (Å²) in [5.74, 6) is 1.58. The molecule has 0 aliphatic rings. The van der Waals surface area contributed by atoms with E-state index in [1.807, 2.05) is 30.3 Å². The molecule has 9 aromatic carbocycles. The zero-order chi connectivity index (χ0) is 40.7. The third-order valence-electron chi connectivity index (χ3n) is 12.4. The lowest BCUT2D eigenvalue weighted by molar-refractivity contribution is 0.673. The van der Waals surface area contributed by atoms with Crippen LogP contribution in [0.25, 0.3) is 117 Å². The minimum absolute atomic E-state index is 0.786. The summed E-state index contributed by atoms with van der Waals surface area (Å²) < 4.78 is 13.6. The Morgan fingerprint density at radius 1 is 0.339 bits per heavy atom. The Morgan fingerprint density at radius 3 is 1.61 bits per heavy atom. The first-order valence-electron chi connectivity index (χ1n) is 20.9. The smallest absolute Gasteiger partial charge is 0.168 e. The molecular formula is C56H35N5O. The van der Waals surface area contributed by atoms with Crippen molar-refractivity contribution in [3.8, 4) is 51.0 Å². The van der Waals surface area contributed by atoms with Gasteiger partial charge in [-0.3, -0.25) is 4.57 Å². The fraction of sp³-hybridized carbons (Fsp3) is 0. The molecule has 13 rings (SSSR count). The second kappa shape index (κ2) is 13.5. The predicted molar refractivity (Wildman–Crippen MR) is 254 cm³/mol. The van der Waals surface area contributed by atoms with E-state index in [1.165, 1.54) is 5.39 Å². The Morgan fingerprint density at radius 2 is 0.871 bits per heavy atom. The first-order valence-corrected chi connectivity index (χ1v) is 20.9. The summed E-state index contributed by atoms with van der Waals surface area (Å²) in [6.45, 7) is 0. The van der Waals surface area contributed by atoms with Gasteiger partial charge < -0.3 is 13.6 Å². The Balaban J connectivity index is 1.02. The van der Waals surface area contributed by atoms with Crippen molar-refractivity contribution >= 4 is 65.6 Å². The molecule has 0 saturated heterocycles. The minimum atomic E-state index is 0.786. The summed E-state index contributed by atoms with van der Waals surface area (Å²) in [7, 11) is 0. The molecule has 4 aromatic heterocycles. The van der Waals surface area contributed by atoms with Gasteiger partial charge in [-0.25, -0.2) is 0 Å². The van der Waals surface area contributed by atoms with Gasteiger partial charge in [0.2, 0.25) is 0 Å². The number of hydrogen-bond acceptors (Lipinski definition) is 3. The summed E-state index contributed by atoms with van der Waals surface area (Å²) in [6, 6.07) is 75.1. The number of aromatic nitrogens is 5. The quantitative estimate of drug-likeness (QED) is 0.168. The maximum absolute atomic E-state index is 6.65. The Bertz CT molecular complexity index is 3870. The number of furan rings is 1. The van der Waals surface area contributed by atoms with Gasteiger partial charge in [0.25, 0.3) is 0 Å². The summed E-state index contributed by atoms with van der Waals surface area (Å²) in [5, 5.41) is 16.5. The molecule has 0 aliphatic heterocycles. The van der Waals surface area contributed by atoms with Crippen molar-refractivity contribution in [3.05, 3.63) is 212 Å². The van der Waals surface area contributed by atoms with Gasteiger partial charge in [-0.15, -0.1) is 10.2 Å². The maximum Gasteiger partial charge on any atom is 0.168 e. The van der Waals surface area contributed by atoms with Crippen LogP contribution in [-0.2, 0) is 0 Å². The van der Waals surface area contributed by atoms with Crippen LogP contribution in [0.1, 0.15) is 0 Å².